The van der Waals surface area contributed by atoms with Crippen molar-refractivity contribution in [1.82, 2.24) is 20.2 Å². The molecule has 0 radical (unpaired) electrons. The van der Waals surface area contributed by atoms with Gasteiger partial charge in [0.2, 0.25) is 17.7 Å². The minimum atomic E-state index is -0.402. The van der Waals surface area contributed by atoms with E-state index in [-0.39, 0.29) is 30.3 Å². The highest BCUT2D eigenvalue weighted by molar-refractivity contribution is 5.93. The van der Waals surface area contributed by atoms with Crippen molar-refractivity contribution in [1.29, 1.82) is 0 Å². The predicted octanol–water partition coefficient (Wildman–Crippen LogP) is 1.56. The molecule has 2 N–H and O–H groups in total. The summed E-state index contributed by atoms with van der Waals surface area (Å²) in [4.78, 5) is 51.8. The van der Waals surface area contributed by atoms with Crippen LogP contribution in [0, 0.1) is 6.92 Å². The maximum atomic E-state index is 13.0. The van der Waals surface area contributed by atoms with Crippen LogP contribution in [0.5, 0.6) is 0 Å². The van der Waals surface area contributed by atoms with Crippen molar-refractivity contribution in [2.75, 3.05) is 0 Å². The van der Waals surface area contributed by atoms with Crippen LogP contribution >= 0.6 is 0 Å². The van der Waals surface area contributed by atoms with Gasteiger partial charge in [0, 0.05) is 32.9 Å². The molecule has 0 aliphatic carbocycles. The van der Waals surface area contributed by atoms with Crippen molar-refractivity contribution < 1.29 is 14.4 Å². The average Bonchev–Trinajstić information content (AvgIpc) is 2.62. The Balaban J connectivity index is 2.24. The quantitative estimate of drug-likeness (QED) is 0.715. The first-order valence-electron chi connectivity index (χ1n) is 9.39. The normalized spacial score (nSPS) is 10.7. The fraction of sp³-hybridized carbons (Fsp3) is 0.450. The van der Waals surface area contributed by atoms with Gasteiger partial charge in [0.1, 0.15) is 5.82 Å². The number of hydrogen-bond donors (Lipinski definition) is 2. The van der Waals surface area contributed by atoms with E-state index >= 15 is 0 Å². The van der Waals surface area contributed by atoms with Gasteiger partial charge in [0.25, 0.3) is 5.56 Å². The molecule has 0 saturated carbocycles. The first kappa shape index (κ1) is 21.3. The second-order valence-electron chi connectivity index (χ2n) is 6.66. The lowest BCUT2D eigenvalue weighted by Gasteiger charge is -2.13. The first-order chi connectivity index (χ1) is 13.3. The number of nitrogens with zero attached hydrogens (tertiary/aromatic N) is 2. The van der Waals surface area contributed by atoms with E-state index in [1.807, 2.05) is 13.0 Å². The van der Waals surface area contributed by atoms with E-state index in [1.54, 1.807) is 19.1 Å². The number of benzene rings is 1. The predicted molar refractivity (Wildman–Crippen MR) is 106 cm³/mol. The smallest absolute Gasteiger partial charge is 0.261 e. The van der Waals surface area contributed by atoms with Crippen LogP contribution in [0.2, 0.25) is 0 Å². The third kappa shape index (κ3) is 5.48. The van der Waals surface area contributed by atoms with Crippen LogP contribution in [0.15, 0.2) is 23.0 Å². The molecule has 0 atom stereocenters. The number of imide groups is 1. The van der Waals surface area contributed by atoms with E-state index in [4.69, 9.17) is 0 Å². The molecule has 0 saturated heterocycles. The summed E-state index contributed by atoms with van der Waals surface area (Å²) in [5.41, 5.74) is 1.09. The Morgan fingerprint density at radius 2 is 1.89 bits per heavy atom. The number of rotatable bonds is 8. The van der Waals surface area contributed by atoms with E-state index in [0.717, 1.165) is 6.42 Å². The summed E-state index contributed by atoms with van der Waals surface area (Å²) in [7, 11) is 0. The number of aromatic nitrogens is 2. The Morgan fingerprint density at radius 3 is 2.57 bits per heavy atom. The minimum Gasteiger partial charge on any atom is -0.352 e. The second kappa shape index (κ2) is 9.77. The lowest BCUT2D eigenvalue weighted by atomic mass is 10.1. The molecule has 1 aromatic carbocycles. The van der Waals surface area contributed by atoms with Crippen LogP contribution < -0.4 is 16.2 Å². The highest BCUT2D eigenvalue weighted by Crippen LogP contribution is 2.14. The molecule has 1 aromatic heterocycles. The summed E-state index contributed by atoms with van der Waals surface area (Å²) in [5.74, 6) is -0.278. The minimum absolute atomic E-state index is 0.0589. The number of fused-ring (bicyclic) bond motifs is 1. The van der Waals surface area contributed by atoms with Crippen molar-refractivity contribution in [2.24, 2.45) is 0 Å². The molecule has 0 aliphatic heterocycles. The standard InChI is InChI=1S/C20H26N4O4/c1-4-7-17(26)21-12-15-8-5-9-16-19(15)20(28)24(13(2)22-16)11-6-10-18(27)23-14(3)25/h5,8-9H,4,6-7,10-12H2,1-3H3,(H,21,26)(H,23,25,27). The number of hydrogen-bond acceptors (Lipinski definition) is 5. The van der Waals surface area contributed by atoms with Gasteiger partial charge in [-0.1, -0.05) is 19.1 Å². The van der Waals surface area contributed by atoms with Crippen LogP contribution in [0.3, 0.4) is 0 Å². The summed E-state index contributed by atoms with van der Waals surface area (Å²) in [6, 6.07) is 5.38. The van der Waals surface area contributed by atoms with Crippen molar-refractivity contribution in [3.05, 3.63) is 39.9 Å². The summed E-state index contributed by atoms with van der Waals surface area (Å²) >= 11 is 0. The largest absolute Gasteiger partial charge is 0.352 e. The SMILES string of the molecule is CCCC(=O)NCc1cccc2nc(C)n(CCCC(=O)NC(C)=O)c(=O)c12. The molecular formula is C20H26N4O4. The van der Waals surface area contributed by atoms with Gasteiger partial charge in [-0.2, -0.15) is 0 Å². The van der Waals surface area contributed by atoms with Crippen LogP contribution in [0.4, 0.5) is 0 Å². The molecule has 1 heterocycles. The van der Waals surface area contributed by atoms with Crippen molar-refractivity contribution in [3.63, 3.8) is 0 Å². The summed E-state index contributed by atoms with van der Waals surface area (Å²) in [6.07, 6.45) is 1.74. The number of amides is 3. The lowest BCUT2D eigenvalue weighted by Crippen LogP contribution is -2.29. The van der Waals surface area contributed by atoms with Gasteiger partial charge in [-0.3, -0.25) is 29.1 Å². The number of carbonyl (C=O) groups is 3. The van der Waals surface area contributed by atoms with Crippen molar-refractivity contribution in [3.8, 4) is 0 Å². The molecule has 0 spiro atoms. The molecule has 3 amide bonds. The Morgan fingerprint density at radius 1 is 1.14 bits per heavy atom. The monoisotopic (exact) mass is 386 g/mol. The van der Waals surface area contributed by atoms with Crippen molar-refractivity contribution >= 4 is 28.6 Å². The Hall–Kier alpha value is -3.03. The molecule has 0 bridgehead atoms. The summed E-state index contributed by atoms with van der Waals surface area (Å²) in [6.45, 7) is 5.53. The molecule has 150 valence electrons. The number of aryl methyl sites for hydroxylation is 1. The molecule has 8 heteroatoms. The highest BCUT2D eigenvalue weighted by Gasteiger charge is 2.13. The fourth-order valence-electron chi connectivity index (χ4n) is 3.02. The molecule has 2 rings (SSSR count). The van der Waals surface area contributed by atoms with Gasteiger partial charge in [-0.15, -0.1) is 0 Å². The van der Waals surface area contributed by atoms with Crippen LogP contribution in [0.1, 0.15) is 50.9 Å². The van der Waals surface area contributed by atoms with Gasteiger partial charge < -0.3 is 5.32 Å². The Labute approximate surface area is 163 Å². The Bertz CT molecular complexity index is 949. The topological polar surface area (TPSA) is 110 Å². The third-order valence-corrected chi connectivity index (χ3v) is 4.31. The molecular weight excluding hydrogens is 360 g/mol. The number of nitrogens with one attached hydrogen (secondary N) is 2. The number of carbonyl (C=O) groups excluding carboxylic acids is 3. The van der Waals surface area contributed by atoms with Gasteiger partial charge in [-0.25, -0.2) is 4.98 Å². The second-order valence-corrected chi connectivity index (χ2v) is 6.66. The molecule has 28 heavy (non-hydrogen) atoms. The van der Waals surface area contributed by atoms with Gasteiger partial charge >= 0.3 is 0 Å². The molecule has 0 fully saturated rings. The van der Waals surface area contributed by atoms with E-state index in [9.17, 15) is 19.2 Å². The van der Waals surface area contributed by atoms with Gasteiger partial charge in [0.15, 0.2) is 0 Å². The van der Waals surface area contributed by atoms with E-state index in [0.29, 0.717) is 41.7 Å². The molecule has 0 unspecified atom stereocenters. The Kier molecular flexibility index (Phi) is 7.43. The van der Waals surface area contributed by atoms with E-state index in [2.05, 4.69) is 15.6 Å². The van der Waals surface area contributed by atoms with Crippen LogP contribution in [0.25, 0.3) is 10.9 Å². The summed E-state index contributed by atoms with van der Waals surface area (Å²) < 4.78 is 1.53. The van der Waals surface area contributed by atoms with Crippen molar-refractivity contribution in [2.45, 2.75) is 59.5 Å². The summed E-state index contributed by atoms with van der Waals surface area (Å²) in [5, 5.41) is 5.51. The van der Waals surface area contributed by atoms with Gasteiger partial charge in [0.05, 0.1) is 10.9 Å². The molecule has 0 aliphatic rings. The van der Waals surface area contributed by atoms with Crippen LogP contribution in [-0.4, -0.2) is 27.3 Å². The zero-order valence-corrected chi connectivity index (χ0v) is 16.5. The van der Waals surface area contributed by atoms with E-state index < -0.39 is 5.91 Å². The third-order valence-electron chi connectivity index (χ3n) is 4.31. The zero-order chi connectivity index (χ0) is 20.7. The maximum Gasteiger partial charge on any atom is 0.261 e. The average molecular weight is 386 g/mol. The van der Waals surface area contributed by atoms with Gasteiger partial charge in [-0.05, 0) is 31.4 Å². The zero-order valence-electron chi connectivity index (χ0n) is 16.5. The van der Waals surface area contributed by atoms with E-state index in [1.165, 1.54) is 11.5 Å². The molecule has 2 aromatic rings. The van der Waals surface area contributed by atoms with Crippen LogP contribution in [-0.2, 0) is 27.5 Å². The fourth-order valence-corrected chi connectivity index (χ4v) is 3.02. The molecule has 8 nitrogen and oxygen atoms in total. The lowest BCUT2D eigenvalue weighted by molar-refractivity contribution is -0.129. The first-order valence-corrected chi connectivity index (χ1v) is 9.39. The highest BCUT2D eigenvalue weighted by atomic mass is 16.2. The maximum absolute atomic E-state index is 13.0.